The van der Waals surface area contributed by atoms with Gasteiger partial charge in [-0.2, -0.15) is 0 Å². The first-order chi connectivity index (χ1) is 8.45. The molecule has 5 heteroatoms. The van der Waals surface area contributed by atoms with Crippen LogP contribution in [-0.2, 0) is 6.54 Å². The van der Waals surface area contributed by atoms with Crippen LogP contribution in [0.5, 0.6) is 5.75 Å². The second-order valence-corrected chi connectivity index (χ2v) is 6.29. The Labute approximate surface area is 125 Å². The van der Waals surface area contributed by atoms with Crippen LogP contribution >= 0.6 is 31.9 Å². The van der Waals surface area contributed by atoms with Crippen LogP contribution in [0.4, 0.5) is 0 Å². The largest absolute Gasteiger partial charge is 0.495 e. The third-order valence-electron chi connectivity index (χ3n) is 2.73. The molecule has 3 nitrogen and oxygen atoms in total. The van der Waals surface area contributed by atoms with Gasteiger partial charge < -0.3 is 15.2 Å². The van der Waals surface area contributed by atoms with Crippen molar-refractivity contribution in [2.45, 2.75) is 26.5 Å². The van der Waals surface area contributed by atoms with Gasteiger partial charge in [-0.3, -0.25) is 0 Å². The molecule has 18 heavy (non-hydrogen) atoms. The van der Waals surface area contributed by atoms with Gasteiger partial charge in [0.2, 0.25) is 0 Å². The fraction of sp³-hybridized carbons (Fsp3) is 0.538. The Balaban J connectivity index is 2.67. The summed E-state index contributed by atoms with van der Waals surface area (Å²) >= 11 is 6.93. The summed E-state index contributed by atoms with van der Waals surface area (Å²) in [6.07, 6.45) is -0.327. The lowest BCUT2D eigenvalue weighted by Crippen LogP contribution is -2.30. The van der Waals surface area contributed by atoms with Gasteiger partial charge in [0.25, 0.3) is 0 Å². The van der Waals surface area contributed by atoms with Gasteiger partial charge in [-0.15, -0.1) is 0 Å². The summed E-state index contributed by atoms with van der Waals surface area (Å²) in [5.74, 6) is 1.08. The number of halogens is 2. The highest BCUT2D eigenvalue weighted by atomic mass is 79.9. The molecule has 2 N–H and O–H groups in total. The minimum absolute atomic E-state index is 0.258. The molecule has 0 heterocycles. The van der Waals surface area contributed by atoms with Crippen molar-refractivity contribution < 1.29 is 9.84 Å². The van der Waals surface area contributed by atoms with E-state index in [-0.39, 0.29) is 12.0 Å². The summed E-state index contributed by atoms with van der Waals surface area (Å²) in [5.41, 5.74) is 1.05. The second-order valence-electron chi connectivity index (χ2n) is 4.52. The standard InChI is InChI=1S/C13H19Br2NO2/c1-8(2)12(17)7-16-6-9-4-10(14)5-11(15)13(9)18-3/h4-5,8,12,16-17H,6-7H2,1-3H3. The minimum atomic E-state index is -0.327. The monoisotopic (exact) mass is 379 g/mol. The first kappa shape index (κ1) is 16.0. The Morgan fingerprint density at radius 3 is 2.56 bits per heavy atom. The van der Waals surface area contributed by atoms with Gasteiger partial charge in [0, 0.05) is 23.1 Å². The molecule has 0 aliphatic rings. The highest BCUT2D eigenvalue weighted by Gasteiger charge is 2.11. The summed E-state index contributed by atoms with van der Waals surface area (Å²) in [5, 5.41) is 13.0. The molecule has 102 valence electrons. The number of aliphatic hydroxyl groups excluding tert-OH is 1. The quantitative estimate of drug-likeness (QED) is 0.795. The first-order valence-electron chi connectivity index (χ1n) is 5.86. The van der Waals surface area contributed by atoms with E-state index in [9.17, 15) is 5.11 Å². The van der Waals surface area contributed by atoms with Gasteiger partial charge in [0.05, 0.1) is 17.7 Å². The van der Waals surface area contributed by atoms with Gasteiger partial charge in [-0.25, -0.2) is 0 Å². The van der Waals surface area contributed by atoms with Gasteiger partial charge in [0.15, 0.2) is 0 Å². The maximum Gasteiger partial charge on any atom is 0.137 e. The van der Waals surface area contributed by atoms with E-state index in [2.05, 4.69) is 37.2 Å². The van der Waals surface area contributed by atoms with Crippen molar-refractivity contribution in [3.05, 3.63) is 26.6 Å². The second kappa shape index (κ2) is 7.48. The summed E-state index contributed by atoms with van der Waals surface area (Å²) < 4.78 is 7.28. The molecule has 1 atom stereocenters. The Bertz CT molecular complexity index is 397. The molecular formula is C13H19Br2NO2. The topological polar surface area (TPSA) is 41.5 Å². The zero-order chi connectivity index (χ0) is 13.7. The number of nitrogens with one attached hydrogen (secondary N) is 1. The van der Waals surface area contributed by atoms with E-state index in [4.69, 9.17) is 4.74 Å². The molecule has 1 unspecified atom stereocenters. The van der Waals surface area contributed by atoms with Crippen molar-refractivity contribution in [2.24, 2.45) is 5.92 Å². The SMILES string of the molecule is COc1c(Br)cc(Br)cc1CNCC(O)C(C)C. The van der Waals surface area contributed by atoms with E-state index in [1.54, 1.807) is 7.11 Å². The molecule has 0 fully saturated rings. The molecule has 1 aromatic rings. The maximum absolute atomic E-state index is 9.73. The fourth-order valence-corrected chi connectivity index (χ4v) is 3.04. The predicted octanol–water partition coefficient (Wildman–Crippen LogP) is 3.33. The van der Waals surface area contributed by atoms with E-state index in [1.165, 1.54) is 0 Å². The zero-order valence-electron chi connectivity index (χ0n) is 10.8. The lowest BCUT2D eigenvalue weighted by molar-refractivity contribution is 0.123. The van der Waals surface area contributed by atoms with Crippen LogP contribution in [0.15, 0.2) is 21.1 Å². The predicted molar refractivity (Wildman–Crippen MR) is 80.9 cm³/mol. The summed E-state index contributed by atoms with van der Waals surface area (Å²) in [4.78, 5) is 0. The smallest absolute Gasteiger partial charge is 0.137 e. The normalized spacial score (nSPS) is 12.8. The van der Waals surface area contributed by atoms with E-state index in [1.807, 2.05) is 26.0 Å². The zero-order valence-corrected chi connectivity index (χ0v) is 14.0. The van der Waals surface area contributed by atoms with Gasteiger partial charge in [-0.05, 0) is 34.0 Å². The number of aliphatic hydroxyl groups is 1. The Morgan fingerprint density at radius 2 is 2.00 bits per heavy atom. The van der Waals surface area contributed by atoms with Gasteiger partial charge in [0.1, 0.15) is 5.75 Å². The maximum atomic E-state index is 9.73. The lowest BCUT2D eigenvalue weighted by atomic mass is 10.1. The third kappa shape index (κ3) is 4.53. The number of methoxy groups -OCH3 is 1. The number of ether oxygens (including phenoxy) is 1. The Hall–Kier alpha value is -0.100. The summed E-state index contributed by atoms with van der Waals surface area (Å²) in [7, 11) is 1.65. The average molecular weight is 381 g/mol. The van der Waals surface area contributed by atoms with E-state index >= 15 is 0 Å². The molecule has 0 saturated heterocycles. The van der Waals surface area contributed by atoms with Crippen molar-refractivity contribution in [2.75, 3.05) is 13.7 Å². The molecule has 0 bridgehead atoms. The average Bonchev–Trinajstić information content (AvgIpc) is 2.28. The van der Waals surface area contributed by atoms with E-state index < -0.39 is 0 Å². The number of rotatable bonds is 6. The molecule has 0 amide bonds. The number of hydrogen-bond donors (Lipinski definition) is 2. The van der Waals surface area contributed by atoms with Crippen LogP contribution in [0.1, 0.15) is 19.4 Å². The van der Waals surface area contributed by atoms with Crippen LogP contribution in [-0.4, -0.2) is 24.9 Å². The van der Waals surface area contributed by atoms with Crippen LogP contribution in [0.3, 0.4) is 0 Å². The Kier molecular flexibility index (Phi) is 6.63. The summed E-state index contributed by atoms with van der Waals surface area (Å²) in [6, 6.07) is 3.96. The third-order valence-corrected chi connectivity index (χ3v) is 3.77. The van der Waals surface area contributed by atoms with Crippen molar-refractivity contribution in [3.63, 3.8) is 0 Å². The van der Waals surface area contributed by atoms with Crippen molar-refractivity contribution in [1.29, 1.82) is 0 Å². The molecule has 0 radical (unpaired) electrons. The van der Waals surface area contributed by atoms with Crippen molar-refractivity contribution >= 4 is 31.9 Å². The highest BCUT2D eigenvalue weighted by molar-refractivity contribution is 9.11. The lowest BCUT2D eigenvalue weighted by Gasteiger charge is -2.16. The molecule has 0 aliphatic carbocycles. The van der Waals surface area contributed by atoms with Gasteiger partial charge in [-0.1, -0.05) is 29.8 Å². The summed E-state index contributed by atoms with van der Waals surface area (Å²) in [6.45, 7) is 5.24. The van der Waals surface area contributed by atoms with Crippen LogP contribution in [0.2, 0.25) is 0 Å². The van der Waals surface area contributed by atoms with E-state index in [0.29, 0.717) is 13.1 Å². The molecule has 0 spiro atoms. The number of benzene rings is 1. The van der Waals surface area contributed by atoms with Crippen LogP contribution in [0, 0.1) is 5.92 Å². The van der Waals surface area contributed by atoms with Crippen molar-refractivity contribution in [3.8, 4) is 5.75 Å². The van der Waals surface area contributed by atoms with E-state index in [0.717, 1.165) is 20.3 Å². The van der Waals surface area contributed by atoms with Crippen LogP contribution in [0.25, 0.3) is 0 Å². The van der Waals surface area contributed by atoms with Gasteiger partial charge >= 0.3 is 0 Å². The number of hydrogen-bond acceptors (Lipinski definition) is 3. The molecule has 0 aromatic heterocycles. The molecular weight excluding hydrogens is 362 g/mol. The fourth-order valence-electron chi connectivity index (χ4n) is 1.56. The molecule has 0 aliphatic heterocycles. The highest BCUT2D eigenvalue weighted by Crippen LogP contribution is 2.32. The molecule has 1 rings (SSSR count). The minimum Gasteiger partial charge on any atom is -0.495 e. The van der Waals surface area contributed by atoms with Crippen molar-refractivity contribution in [1.82, 2.24) is 5.32 Å². The molecule has 0 saturated carbocycles. The first-order valence-corrected chi connectivity index (χ1v) is 7.45. The Morgan fingerprint density at radius 1 is 1.33 bits per heavy atom. The van der Waals surface area contributed by atoms with Crippen LogP contribution < -0.4 is 10.1 Å². The molecule has 1 aromatic carbocycles.